The lowest BCUT2D eigenvalue weighted by Gasteiger charge is -2.01. The molecule has 1 amide bonds. The highest BCUT2D eigenvalue weighted by Crippen LogP contribution is 2.32. The summed E-state index contributed by atoms with van der Waals surface area (Å²) in [5.41, 5.74) is 4.65. The second kappa shape index (κ2) is 4.92. The zero-order chi connectivity index (χ0) is 12.3. The molecule has 0 saturated heterocycles. The standard InChI is InChI=1S/C9H7IN2O4/c10-6-3-5(1-2-8(11)13)9(14)7(4-6)12(15)16/h1-4,14H,(H2,11,13)/b2-1-. The van der Waals surface area contributed by atoms with Crippen molar-refractivity contribution in [2.24, 2.45) is 5.73 Å². The van der Waals surface area contributed by atoms with Gasteiger partial charge in [0, 0.05) is 21.3 Å². The fourth-order valence-electron chi connectivity index (χ4n) is 1.04. The van der Waals surface area contributed by atoms with Crippen LogP contribution in [0.2, 0.25) is 0 Å². The van der Waals surface area contributed by atoms with Gasteiger partial charge in [0.2, 0.25) is 11.7 Å². The second-order valence-corrected chi connectivity index (χ2v) is 4.10. The molecule has 3 N–H and O–H groups in total. The molecule has 84 valence electrons. The number of hydrogen-bond donors (Lipinski definition) is 2. The van der Waals surface area contributed by atoms with Crippen molar-refractivity contribution in [1.82, 2.24) is 0 Å². The number of nitrogens with zero attached hydrogens (tertiary/aromatic N) is 1. The number of phenolic OH excluding ortho intramolecular Hbond substituents is 1. The van der Waals surface area contributed by atoms with Crippen LogP contribution in [-0.4, -0.2) is 15.9 Å². The Morgan fingerprint density at radius 1 is 1.56 bits per heavy atom. The van der Waals surface area contributed by atoms with Gasteiger partial charge in [-0.1, -0.05) is 0 Å². The normalized spacial score (nSPS) is 10.6. The van der Waals surface area contributed by atoms with Gasteiger partial charge in [0.1, 0.15) is 0 Å². The van der Waals surface area contributed by atoms with Gasteiger partial charge in [-0.3, -0.25) is 14.9 Å². The summed E-state index contributed by atoms with van der Waals surface area (Å²) in [6, 6.07) is 2.74. The first-order chi connectivity index (χ1) is 7.41. The number of nitro groups is 1. The van der Waals surface area contributed by atoms with Gasteiger partial charge < -0.3 is 10.8 Å². The second-order valence-electron chi connectivity index (χ2n) is 2.86. The zero-order valence-electron chi connectivity index (χ0n) is 7.88. The minimum Gasteiger partial charge on any atom is -0.502 e. The summed E-state index contributed by atoms with van der Waals surface area (Å²) in [5.74, 6) is -1.18. The van der Waals surface area contributed by atoms with Gasteiger partial charge >= 0.3 is 5.69 Å². The molecule has 1 rings (SSSR count). The van der Waals surface area contributed by atoms with Crippen LogP contribution in [0.25, 0.3) is 6.08 Å². The van der Waals surface area contributed by atoms with E-state index in [1.54, 1.807) is 0 Å². The maximum absolute atomic E-state index is 10.6. The van der Waals surface area contributed by atoms with Gasteiger partial charge in [0.25, 0.3) is 0 Å². The van der Waals surface area contributed by atoms with Crippen molar-refractivity contribution in [3.63, 3.8) is 0 Å². The van der Waals surface area contributed by atoms with Crippen LogP contribution in [0.3, 0.4) is 0 Å². The third kappa shape index (κ3) is 2.92. The summed E-state index contributed by atoms with van der Waals surface area (Å²) in [5, 5.41) is 20.1. The maximum Gasteiger partial charge on any atom is 0.312 e. The van der Waals surface area contributed by atoms with Crippen molar-refractivity contribution in [3.8, 4) is 5.75 Å². The summed E-state index contributed by atoms with van der Waals surface area (Å²) in [4.78, 5) is 20.4. The van der Waals surface area contributed by atoms with Crippen LogP contribution in [0.1, 0.15) is 5.56 Å². The van der Waals surface area contributed by atoms with Crippen LogP contribution in [0.15, 0.2) is 18.2 Å². The molecule has 0 aliphatic carbocycles. The van der Waals surface area contributed by atoms with E-state index in [4.69, 9.17) is 5.73 Å². The van der Waals surface area contributed by atoms with Gasteiger partial charge in [0.05, 0.1) is 4.92 Å². The number of rotatable bonds is 3. The Balaban J connectivity index is 3.29. The molecule has 0 aromatic heterocycles. The van der Waals surface area contributed by atoms with E-state index in [0.29, 0.717) is 3.57 Å². The van der Waals surface area contributed by atoms with Crippen molar-refractivity contribution in [3.05, 3.63) is 37.5 Å². The van der Waals surface area contributed by atoms with E-state index in [1.807, 2.05) is 22.6 Å². The van der Waals surface area contributed by atoms with Crippen LogP contribution in [0, 0.1) is 13.7 Å². The van der Waals surface area contributed by atoms with Crippen molar-refractivity contribution in [2.75, 3.05) is 0 Å². The molecule has 1 aromatic rings. The van der Waals surface area contributed by atoms with Crippen LogP contribution in [0.4, 0.5) is 5.69 Å². The first-order valence-electron chi connectivity index (χ1n) is 4.06. The predicted octanol–water partition coefficient (Wildman–Crippen LogP) is 1.40. The number of halogens is 1. The van der Waals surface area contributed by atoms with E-state index in [9.17, 15) is 20.0 Å². The third-order valence-electron chi connectivity index (χ3n) is 1.71. The van der Waals surface area contributed by atoms with Gasteiger partial charge in [-0.05, 0) is 34.7 Å². The summed E-state index contributed by atoms with van der Waals surface area (Å²) in [7, 11) is 0. The summed E-state index contributed by atoms with van der Waals surface area (Å²) >= 11 is 1.87. The summed E-state index contributed by atoms with van der Waals surface area (Å²) in [6.45, 7) is 0. The summed E-state index contributed by atoms with van der Waals surface area (Å²) in [6.07, 6.45) is 2.25. The molecule has 6 nitrogen and oxygen atoms in total. The molecular weight excluding hydrogens is 327 g/mol. The number of aromatic hydroxyl groups is 1. The molecule has 1 aromatic carbocycles. The predicted molar refractivity (Wildman–Crippen MR) is 65.7 cm³/mol. The highest BCUT2D eigenvalue weighted by molar-refractivity contribution is 14.1. The Kier molecular flexibility index (Phi) is 3.82. The molecule has 0 heterocycles. The topological polar surface area (TPSA) is 106 Å². The average Bonchev–Trinajstić information content (AvgIpc) is 2.18. The number of amides is 1. The van der Waals surface area contributed by atoms with E-state index < -0.39 is 22.3 Å². The Labute approximate surface area is 104 Å². The fourth-order valence-corrected chi connectivity index (χ4v) is 1.67. The smallest absolute Gasteiger partial charge is 0.312 e. The largest absolute Gasteiger partial charge is 0.502 e. The lowest BCUT2D eigenvalue weighted by molar-refractivity contribution is -0.386. The Bertz CT molecular complexity index is 485. The molecule has 0 unspecified atom stereocenters. The molecule has 0 spiro atoms. The van der Waals surface area contributed by atoms with Gasteiger partial charge in [0.15, 0.2) is 0 Å². The molecule has 0 fully saturated rings. The number of phenols is 1. The van der Waals surface area contributed by atoms with Crippen molar-refractivity contribution < 1.29 is 14.8 Å². The number of hydrogen-bond acceptors (Lipinski definition) is 4. The molecule has 0 aliphatic rings. The van der Waals surface area contributed by atoms with E-state index in [-0.39, 0.29) is 5.56 Å². The van der Waals surface area contributed by atoms with E-state index in [2.05, 4.69) is 0 Å². The SMILES string of the molecule is NC(=O)/C=C\c1cc(I)cc([N+](=O)[O-])c1O. The highest BCUT2D eigenvalue weighted by Gasteiger charge is 2.16. The molecule has 0 atom stereocenters. The van der Waals surface area contributed by atoms with E-state index in [1.165, 1.54) is 18.2 Å². The number of primary amides is 1. The molecule has 7 heteroatoms. The lowest BCUT2D eigenvalue weighted by Crippen LogP contribution is -2.05. The number of nitrogens with two attached hydrogens (primary N) is 1. The van der Waals surface area contributed by atoms with Crippen LogP contribution in [0.5, 0.6) is 5.75 Å². The molecule has 16 heavy (non-hydrogen) atoms. The third-order valence-corrected chi connectivity index (χ3v) is 2.33. The minimum atomic E-state index is -0.695. The monoisotopic (exact) mass is 334 g/mol. The summed E-state index contributed by atoms with van der Waals surface area (Å²) < 4.78 is 0.575. The highest BCUT2D eigenvalue weighted by atomic mass is 127. The van der Waals surface area contributed by atoms with Crippen LogP contribution in [-0.2, 0) is 4.79 Å². The minimum absolute atomic E-state index is 0.178. The van der Waals surface area contributed by atoms with E-state index in [0.717, 1.165) is 6.08 Å². The first-order valence-corrected chi connectivity index (χ1v) is 5.14. The molecule has 0 aliphatic heterocycles. The zero-order valence-corrected chi connectivity index (χ0v) is 10.0. The number of nitro benzene ring substituents is 1. The van der Waals surface area contributed by atoms with Crippen LogP contribution < -0.4 is 5.73 Å². The quantitative estimate of drug-likeness (QED) is 0.377. The van der Waals surface area contributed by atoms with Gasteiger partial charge in [-0.2, -0.15) is 0 Å². The van der Waals surface area contributed by atoms with Crippen molar-refractivity contribution >= 4 is 40.3 Å². The Morgan fingerprint density at radius 3 is 2.69 bits per heavy atom. The van der Waals surface area contributed by atoms with Crippen molar-refractivity contribution in [1.29, 1.82) is 0 Å². The molecule has 0 bridgehead atoms. The van der Waals surface area contributed by atoms with E-state index >= 15 is 0 Å². The average molecular weight is 334 g/mol. The Hall–Kier alpha value is -1.64. The fraction of sp³-hybridized carbons (Fsp3) is 0. The number of carbonyl (C=O) groups excluding carboxylic acids is 1. The Morgan fingerprint density at radius 2 is 2.19 bits per heavy atom. The lowest BCUT2D eigenvalue weighted by atomic mass is 10.1. The molecular formula is C9H7IN2O4. The number of benzene rings is 1. The molecule has 0 radical (unpaired) electrons. The van der Waals surface area contributed by atoms with Gasteiger partial charge in [-0.15, -0.1) is 0 Å². The first kappa shape index (κ1) is 12.4. The molecule has 0 saturated carbocycles. The van der Waals surface area contributed by atoms with Crippen LogP contribution >= 0.6 is 22.6 Å². The number of carbonyl (C=O) groups is 1. The maximum atomic E-state index is 10.6. The van der Waals surface area contributed by atoms with Gasteiger partial charge in [-0.25, -0.2) is 0 Å². The van der Waals surface area contributed by atoms with Crippen molar-refractivity contribution in [2.45, 2.75) is 0 Å².